The predicted molar refractivity (Wildman–Crippen MR) is 119 cm³/mol. The minimum atomic E-state index is -0.243. The summed E-state index contributed by atoms with van der Waals surface area (Å²) in [7, 11) is 0. The zero-order valence-corrected chi connectivity index (χ0v) is 16.8. The van der Waals surface area contributed by atoms with Crippen molar-refractivity contribution in [3.05, 3.63) is 72.3 Å². The van der Waals surface area contributed by atoms with Crippen molar-refractivity contribution in [3.8, 4) is 11.1 Å². The summed E-state index contributed by atoms with van der Waals surface area (Å²) in [4.78, 5) is 37.7. The molecule has 31 heavy (non-hydrogen) atoms. The van der Waals surface area contributed by atoms with Gasteiger partial charge in [-0.15, -0.1) is 0 Å². The van der Waals surface area contributed by atoms with Crippen LogP contribution in [0.5, 0.6) is 0 Å². The normalized spacial score (nSPS) is 14.9. The van der Waals surface area contributed by atoms with Crippen LogP contribution in [0.4, 0.5) is 11.4 Å². The van der Waals surface area contributed by atoms with E-state index >= 15 is 0 Å². The number of hydrogen-bond acceptors (Lipinski definition) is 5. The molecule has 0 saturated heterocycles. The van der Waals surface area contributed by atoms with Crippen molar-refractivity contribution in [1.82, 2.24) is 9.97 Å². The lowest BCUT2D eigenvalue weighted by molar-refractivity contribution is -0.117. The topological polar surface area (TPSA) is 96.3 Å². The molecule has 0 bridgehead atoms. The summed E-state index contributed by atoms with van der Waals surface area (Å²) in [5.41, 5.74) is 5.47. The van der Waals surface area contributed by atoms with Gasteiger partial charge in [0.25, 0.3) is 5.91 Å². The van der Waals surface area contributed by atoms with E-state index in [0.29, 0.717) is 23.6 Å². The molecule has 2 aliphatic rings. The number of nitrogens with zero attached hydrogens (tertiary/aromatic N) is 3. The van der Waals surface area contributed by atoms with Crippen molar-refractivity contribution in [3.63, 3.8) is 0 Å². The molecule has 7 nitrogen and oxygen atoms in total. The second-order valence-electron chi connectivity index (χ2n) is 7.77. The fraction of sp³-hybridized carbons (Fsp3) is 0.208. The number of nitrogens with one attached hydrogen (secondary N) is 2. The molecule has 1 saturated carbocycles. The Morgan fingerprint density at radius 1 is 0.871 bits per heavy atom. The van der Waals surface area contributed by atoms with Crippen molar-refractivity contribution in [2.45, 2.75) is 19.3 Å². The first-order valence-corrected chi connectivity index (χ1v) is 10.3. The third kappa shape index (κ3) is 4.21. The molecular weight excluding hydrogens is 390 g/mol. The Morgan fingerprint density at radius 2 is 1.71 bits per heavy atom. The lowest BCUT2D eigenvalue weighted by atomic mass is 9.93. The number of aromatic nitrogens is 2. The van der Waals surface area contributed by atoms with Gasteiger partial charge < -0.3 is 10.6 Å². The lowest BCUT2D eigenvalue weighted by Gasteiger charge is -2.18. The Labute approximate surface area is 179 Å². The van der Waals surface area contributed by atoms with E-state index in [4.69, 9.17) is 0 Å². The minimum Gasteiger partial charge on any atom is -0.324 e. The van der Waals surface area contributed by atoms with Gasteiger partial charge in [-0.2, -0.15) is 0 Å². The number of rotatable bonds is 5. The highest BCUT2D eigenvalue weighted by molar-refractivity contribution is 6.49. The van der Waals surface area contributed by atoms with Crippen molar-refractivity contribution >= 4 is 28.9 Å². The van der Waals surface area contributed by atoms with Crippen LogP contribution in [0.15, 0.2) is 66.2 Å². The Balaban J connectivity index is 1.42. The van der Waals surface area contributed by atoms with Crippen LogP contribution in [-0.4, -0.2) is 34.0 Å². The Hall–Kier alpha value is -3.87. The third-order valence-corrected chi connectivity index (χ3v) is 5.46. The van der Waals surface area contributed by atoms with Gasteiger partial charge in [0, 0.05) is 47.9 Å². The summed E-state index contributed by atoms with van der Waals surface area (Å²) < 4.78 is 0. The Morgan fingerprint density at radius 3 is 2.52 bits per heavy atom. The summed E-state index contributed by atoms with van der Waals surface area (Å²) in [6, 6.07) is 11.4. The highest BCUT2D eigenvalue weighted by atomic mass is 16.2. The largest absolute Gasteiger partial charge is 0.324 e. The Bertz CT molecular complexity index is 1190. The number of anilines is 2. The zero-order chi connectivity index (χ0) is 21.2. The zero-order valence-electron chi connectivity index (χ0n) is 16.8. The quantitative estimate of drug-likeness (QED) is 0.672. The molecular formula is C24H21N5O2. The number of benzene rings is 1. The highest BCUT2D eigenvalue weighted by Gasteiger charge is 2.29. The van der Waals surface area contributed by atoms with E-state index in [0.717, 1.165) is 41.5 Å². The second kappa shape index (κ2) is 8.10. The van der Waals surface area contributed by atoms with Crippen LogP contribution in [0.25, 0.3) is 11.1 Å². The Kier molecular flexibility index (Phi) is 5.00. The molecule has 2 aromatic heterocycles. The van der Waals surface area contributed by atoms with Gasteiger partial charge in [0.2, 0.25) is 5.91 Å². The van der Waals surface area contributed by atoms with E-state index in [1.54, 1.807) is 36.9 Å². The van der Waals surface area contributed by atoms with Crippen LogP contribution in [0.3, 0.4) is 0 Å². The minimum absolute atomic E-state index is 0.0478. The van der Waals surface area contributed by atoms with E-state index in [1.165, 1.54) is 0 Å². The number of carbonyl (C=O) groups is 2. The summed E-state index contributed by atoms with van der Waals surface area (Å²) in [5, 5.41) is 5.83. The number of pyridine rings is 2. The standard InChI is InChI=1S/C24H21N5O2/c30-23(16-2-3-16)29-20-11-18(13-26-14-20)17-4-1-15-5-10-27-22(21(15)12-17)24(31)28-19-6-8-25-9-7-19/h1,4,6-9,11-14,16H,2-3,5,10H2,(H,29,30)(H,25,28,31). The molecule has 3 heterocycles. The smallest absolute Gasteiger partial charge is 0.274 e. The highest BCUT2D eigenvalue weighted by Crippen LogP contribution is 2.31. The number of amides is 2. The molecule has 1 aromatic carbocycles. The van der Waals surface area contributed by atoms with Crippen molar-refractivity contribution in [2.75, 3.05) is 17.2 Å². The molecule has 0 radical (unpaired) electrons. The van der Waals surface area contributed by atoms with Gasteiger partial charge in [0.15, 0.2) is 0 Å². The van der Waals surface area contributed by atoms with E-state index in [9.17, 15) is 9.59 Å². The van der Waals surface area contributed by atoms with Crippen LogP contribution in [0, 0.1) is 5.92 Å². The summed E-state index contributed by atoms with van der Waals surface area (Å²) in [6.45, 7) is 0.579. The number of fused-ring (bicyclic) bond motifs is 1. The van der Waals surface area contributed by atoms with Gasteiger partial charge >= 0.3 is 0 Å². The molecule has 5 rings (SSSR count). The van der Waals surface area contributed by atoms with Gasteiger partial charge in [0.1, 0.15) is 5.71 Å². The SMILES string of the molecule is O=C(Nc1ccncc1)C1=NCCc2ccc(-c3cncc(NC(=O)C4CC4)c3)cc21. The summed E-state index contributed by atoms with van der Waals surface area (Å²) >= 11 is 0. The van der Waals surface area contributed by atoms with Crippen LogP contribution in [0.2, 0.25) is 0 Å². The van der Waals surface area contributed by atoms with Crippen molar-refractivity contribution in [1.29, 1.82) is 0 Å². The first kappa shape index (κ1) is 19.1. The lowest BCUT2D eigenvalue weighted by Crippen LogP contribution is -2.27. The summed E-state index contributed by atoms with van der Waals surface area (Å²) in [6.07, 6.45) is 9.36. The van der Waals surface area contributed by atoms with E-state index in [2.05, 4.69) is 25.6 Å². The van der Waals surface area contributed by atoms with Crippen LogP contribution >= 0.6 is 0 Å². The fourth-order valence-electron chi connectivity index (χ4n) is 3.64. The van der Waals surface area contributed by atoms with Crippen molar-refractivity contribution in [2.24, 2.45) is 10.9 Å². The predicted octanol–water partition coefficient (Wildman–Crippen LogP) is 3.48. The molecule has 154 valence electrons. The molecule has 7 heteroatoms. The van der Waals surface area contributed by atoms with E-state index < -0.39 is 0 Å². The van der Waals surface area contributed by atoms with Gasteiger partial charge in [-0.25, -0.2) is 0 Å². The van der Waals surface area contributed by atoms with Gasteiger partial charge in [0.05, 0.1) is 11.9 Å². The molecule has 1 aliphatic carbocycles. The second-order valence-corrected chi connectivity index (χ2v) is 7.77. The molecule has 2 amide bonds. The monoisotopic (exact) mass is 411 g/mol. The van der Waals surface area contributed by atoms with E-state index in [-0.39, 0.29) is 17.7 Å². The molecule has 1 aliphatic heterocycles. The van der Waals surface area contributed by atoms with Crippen LogP contribution in [-0.2, 0) is 16.0 Å². The molecule has 1 fully saturated rings. The molecule has 0 atom stereocenters. The van der Waals surface area contributed by atoms with Crippen LogP contribution < -0.4 is 10.6 Å². The molecule has 3 aromatic rings. The van der Waals surface area contributed by atoms with Crippen molar-refractivity contribution < 1.29 is 9.59 Å². The molecule has 0 unspecified atom stereocenters. The van der Waals surface area contributed by atoms with Gasteiger partial charge in [-0.1, -0.05) is 12.1 Å². The fourth-order valence-corrected chi connectivity index (χ4v) is 3.64. The maximum Gasteiger partial charge on any atom is 0.274 e. The molecule has 2 N–H and O–H groups in total. The average Bonchev–Trinajstić information content (AvgIpc) is 3.65. The maximum atomic E-state index is 12.9. The third-order valence-electron chi connectivity index (χ3n) is 5.46. The maximum absolute atomic E-state index is 12.9. The average molecular weight is 411 g/mol. The van der Waals surface area contributed by atoms with Gasteiger partial charge in [-0.3, -0.25) is 24.5 Å². The van der Waals surface area contributed by atoms with E-state index in [1.807, 2.05) is 24.3 Å². The number of hydrogen-bond donors (Lipinski definition) is 2. The molecule has 0 spiro atoms. The first-order chi connectivity index (χ1) is 15.2. The van der Waals surface area contributed by atoms with Gasteiger partial charge in [-0.05, 0) is 54.7 Å². The number of aliphatic imine (C=N–C) groups is 1. The first-order valence-electron chi connectivity index (χ1n) is 10.3. The van der Waals surface area contributed by atoms with Crippen LogP contribution in [0.1, 0.15) is 24.0 Å². The summed E-state index contributed by atoms with van der Waals surface area (Å²) in [5.74, 6) is -0.0652. The number of carbonyl (C=O) groups excluding carboxylic acids is 2.